The van der Waals surface area contributed by atoms with Crippen molar-refractivity contribution in [2.75, 3.05) is 11.9 Å². The van der Waals surface area contributed by atoms with E-state index >= 15 is 0 Å². The quantitative estimate of drug-likeness (QED) is 0.892. The summed E-state index contributed by atoms with van der Waals surface area (Å²) in [5.74, 6) is 0.629. The molecule has 1 unspecified atom stereocenters. The predicted octanol–water partition coefficient (Wildman–Crippen LogP) is 2.75. The highest BCUT2D eigenvalue weighted by Gasteiger charge is 2.19. The van der Waals surface area contributed by atoms with Crippen LogP contribution in [0.5, 0.6) is 0 Å². The van der Waals surface area contributed by atoms with E-state index in [9.17, 15) is 4.79 Å². The van der Waals surface area contributed by atoms with Crippen LogP contribution < -0.4 is 10.6 Å². The summed E-state index contributed by atoms with van der Waals surface area (Å²) in [6, 6.07) is 1.77. The van der Waals surface area contributed by atoms with Crippen LogP contribution in [0.25, 0.3) is 0 Å². The van der Waals surface area contributed by atoms with Gasteiger partial charge >= 0.3 is 6.03 Å². The zero-order chi connectivity index (χ0) is 15.4. The van der Waals surface area contributed by atoms with Crippen LogP contribution in [0.15, 0.2) is 17.6 Å². The van der Waals surface area contributed by atoms with E-state index in [1.54, 1.807) is 6.20 Å². The number of hydrogen-bond donors (Lipinski definition) is 2. The summed E-state index contributed by atoms with van der Waals surface area (Å²) in [7, 11) is 1.92. The van der Waals surface area contributed by atoms with Crippen molar-refractivity contribution in [2.24, 2.45) is 13.0 Å². The number of urea groups is 1. The molecule has 0 aliphatic heterocycles. The minimum absolute atomic E-state index is 0.223. The van der Waals surface area contributed by atoms with Crippen LogP contribution in [0.1, 0.15) is 31.2 Å². The molecule has 0 fully saturated rings. The molecule has 0 bridgehead atoms. The van der Waals surface area contributed by atoms with Crippen LogP contribution in [-0.2, 0) is 7.05 Å². The van der Waals surface area contributed by atoms with Crippen molar-refractivity contribution < 1.29 is 4.79 Å². The summed E-state index contributed by atoms with van der Waals surface area (Å²) in [6.45, 7) is 6.74. The fourth-order valence-corrected chi connectivity index (χ4v) is 2.87. The molecule has 0 aromatic carbocycles. The van der Waals surface area contributed by atoms with Crippen molar-refractivity contribution in [1.29, 1.82) is 0 Å². The number of nitrogens with zero attached hydrogens (tertiary/aromatic N) is 3. The first-order valence-electron chi connectivity index (χ1n) is 6.92. The van der Waals surface area contributed by atoms with Gasteiger partial charge in [-0.1, -0.05) is 13.8 Å². The van der Waals surface area contributed by atoms with Crippen LogP contribution in [-0.4, -0.2) is 27.3 Å². The Balaban J connectivity index is 1.93. The van der Waals surface area contributed by atoms with Gasteiger partial charge in [-0.25, -0.2) is 9.78 Å². The lowest BCUT2D eigenvalue weighted by Crippen LogP contribution is -2.34. The van der Waals surface area contributed by atoms with Gasteiger partial charge in [0, 0.05) is 36.8 Å². The number of carbonyl (C=O) groups excluding carboxylic acids is 1. The average Bonchev–Trinajstić information content (AvgIpc) is 2.99. The number of rotatable bonds is 5. The van der Waals surface area contributed by atoms with Gasteiger partial charge in [0.25, 0.3) is 0 Å². The third kappa shape index (κ3) is 4.04. The van der Waals surface area contributed by atoms with Crippen molar-refractivity contribution in [3.05, 3.63) is 29.0 Å². The first-order valence-corrected chi connectivity index (χ1v) is 7.80. The summed E-state index contributed by atoms with van der Waals surface area (Å²) < 4.78 is 1.86. The van der Waals surface area contributed by atoms with Gasteiger partial charge in [-0.2, -0.15) is 5.10 Å². The Hall–Kier alpha value is -1.89. The summed E-state index contributed by atoms with van der Waals surface area (Å²) in [6.07, 6.45) is 1.78. The lowest BCUT2D eigenvalue weighted by Gasteiger charge is -2.21. The third-order valence-corrected chi connectivity index (χ3v) is 4.24. The van der Waals surface area contributed by atoms with E-state index in [1.807, 2.05) is 30.1 Å². The molecule has 2 rings (SSSR count). The van der Waals surface area contributed by atoms with E-state index in [1.165, 1.54) is 11.3 Å². The van der Waals surface area contributed by atoms with Crippen LogP contribution in [0.4, 0.5) is 9.93 Å². The lowest BCUT2D eigenvalue weighted by molar-refractivity contribution is 0.250. The number of anilines is 1. The zero-order valence-electron chi connectivity index (χ0n) is 12.8. The molecule has 114 valence electrons. The molecule has 2 N–H and O–H groups in total. The number of aromatic nitrogens is 3. The molecule has 1 atom stereocenters. The number of amides is 2. The monoisotopic (exact) mass is 307 g/mol. The van der Waals surface area contributed by atoms with Crippen molar-refractivity contribution in [2.45, 2.75) is 26.7 Å². The highest BCUT2D eigenvalue weighted by Crippen LogP contribution is 2.23. The first-order chi connectivity index (χ1) is 9.97. The van der Waals surface area contributed by atoms with Gasteiger partial charge in [0.1, 0.15) is 0 Å². The normalized spacial score (nSPS) is 12.4. The average molecular weight is 307 g/mol. The summed E-state index contributed by atoms with van der Waals surface area (Å²) in [5.41, 5.74) is 2.03. The lowest BCUT2D eigenvalue weighted by atomic mass is 9.92. The zero-order valence-corrected chi connectivity index (χ0v) is 13.6. The van der Waals surface area contributed by atoms with Gasteiger partial charge in [-0.05, 0) is 18.9 Å². The molecule has 6 nitrogen and oxygen atoms in total. The maximum absolute atomic E-state index is 11.9. The highest BCUT2D eigenvalue weighted by atomic mass is 32.1. The molecule has 2 aromatic heterocycles. The first kappa shape index (κ1) is 15.5. The second-order valence-electron chi connectivity index (χ2n) is 5.36. The van der Waals surface area contributed by atoms with Crippen molar-refractivity contribution >= 4 is 22.5 Å². The molecular weight excluding hydrogens is 286 g/mol. The Kier molecular flexibility index (Phi) is 4.95. The number of hydrogen-bond acceptors (Lipinski definition) is 4. The van der Waals surface area contributed by atoms with E-state index in [2.05, 4.69) is 34.6 Å². The van der Waals surface area contributed by atoms with E-state index < -0.39 is 0 Å². The molecule has 2 aromatic rings. The van der Waals surface area contributed by atoms with E-state index in [0.29, 0.717) is 17.6 Å². The Bertz CT molecular complexity index is 604. The van der Waals surface area contributed by atoms with E-state index in [0.717, 1.165) is 11.4 Å². The van der Waals surface area contributed by atoms with Gasteiger partial charge < -0.3 is 5.32 Å². The number of thiazole rings is 1. The summed E-state index contributed by atoms with van der Waals surface area (Å²) in [5, 5.41) is 12.4. The van der Waals surface area contributed by atoms with Gasteiger partial charge in [-0.15, -0.1) is 11.3 Å². The minimum Gasteiger partial charge on any atom is -0.337 e. The van der Waals surface area contributed by atoms with Gasteiger partial charge in [0.2, 0.25) is 0 Å². The molecule has 21 heavy (non-hydrogen) atoms. The Morgan fingerprint density at radius 2 is 2.24 bits per heavy atom. The Morgan fingerprint density at radius 3 is 2.76 bits per heavy atom. The van der Waals surface area contributed by atoms with Crippen molar-refractivity contribution in [3.8, 4) is 0 Å². The van der Waals surface area contributed by atoms with E-state index in [-0.39, 0.29) is 11.9 Å². The predicted molar refractivity (Wildman–Crippen MR) is 84.7 cm³/mol. The summed E-state index contributed by atoms with van der Waals surface area (Å²) >= 11 is 1.42. The Morgan fingerprint density at radius 1 is 1.48 bits per heavy atom. The molecule has 0 saturated carbocycles. The topological polar surface area (TPSA) is 71.8 Å². The maximum Gasteiger partial charge on any atom is 0.321 e. The fourth-order valence-electron chi connectivity index (χ4n) is 2.18. The summed E-state index contributed by atoms with van der Waals surface area (Å²) in [4.78, 5) is 16.1. The SMILES string of the molecule is Cc1csc(NC(=O)NCC(c2ccnn2C)C(C)C)n1. The molecule has 0 aliphatic carbocycles. The molecule has 2 amide bonds. The smallest absolute Gasteiger partial charge is 0.321 e. The molecule has 0 spiro atoms. The Labute approximate surface area is 128 Å². The second kappa shape index (κ2) is 6.71. The minimum atomic E-state index is -0.225. The standard InChI is InChI=1S/C14H21N5OS/c1-9(2)11(12-5-6-16-19(12)4)7-15-13(20)18-14-17-10(3)8-21-14/h5-6,8-9,11H,7H2,1-4H3,(H2,15,17,18,20). The largest absolute Gasteiger partial charge is 0.337 e. The molecule has 2 heterocycles. The second-order valence-corrected chi connectivity index (χ2v) is 6.22. The van der Waals surface area contributed by atoms with Gasteiger partial charge in [0.05, 0.1) is 5.69 Å². The molecule has 0 saturated heterocycles. The fraction of sp³-hybridized carbons (Fsp3) is 0.500. The van der Waals surface area contributed by atoms with Crippen LogP contribution >= 0.6 is 11.3 Å². The molecule has 0 radical (unpaired) electrons. The highest BCUT2D eigenvalue weighted by molar-refractivity contribution is 7.13. The number of nitrogens with one attached hydrogen (secondary N) is 2. The van der Waals surface area contributed by atoms with Crippen LogP contribution in [0.2, 0.25) is 0 Å². The van der Waals surface area contributed by atoms with Gasteiger partial charge in [0.15, 0.2) is 5.13 Å². The van der Waals surface area contributed by atoms with E-state index in [4.69, 9.17) is 0 Å². The number of carbonyl (C=O) groups is 1. The number of aryl methyl sites for hydroxylation is 2. The third-order valence-electron chi connectivity index (χ3n) is 3.37. The van der Waals surface area contributed by atoms with Crippen LogP contribution in [0, 0.1) is 12.8 Å². The maximum atomic E-state index is 11.9. The molecular formula is C14H21N5OS. The van der Waals surface area contributed by atoms with Crippen molar-refractivity contribution in [1.82, 2.24) is 20.1 Å². The van der Waals surface area contributed by atoms with Crippen molar-refractivity contribution in [3.63, 3.8) is 0 Å². The van der Waals surface area contributed by atoms with Crippen LogP contribution in [0.3, 0.4) is 0 Å². The van der Waals surface area contributed by atoms with Gasteiger partial charge in [-0.3, -0.25) is 10.00 Å². The molecule has 7 heteroatoms. The molecule has 0 aliphatic rings.